The Balaban J connectivity index is 2.35. The number of carbonyl (C=O) groups is 1. The third-order valence-corrected chi connectivity index (χ3v) is 5.23. The standard InChI is InChI=1S/C19H13F7N2O2S/c1-10-6-14(31-17(20,18(21,22)23)19(24,25)26)7-11(2)15(10)28-16(30)12-4-3-5-13(8-12)27-9-29/h3-8H,1-2H3,(H,28,30). The highest BCUT2D eigenvalue weighted by Crippen LogP contribution is 2.55. The monoisotopic (exact) mass is 466 g/mol. The van der Waals surface area contributed by atoms with E-state index in [1.54, 1.807) is 0 Å². The Morgan fingerprint density at radius 3 is 2.00 bits per heavy atom. The molecule has 4 nitrogen and oxygen atoms in total. The van der Waals surface area contributed by atoms with Crippen LogP contribution in [-0.4, -0.2) is 29.3 Å². The molecule has 0 aliphatic heterocycles. The molecule has 2 aromatic carbocycles. The number of amides is 1. The van der Waals surface area contributed by atoms with Crippen molar-refractivity contribution in [1.82, 2.24) is 0 Å². The maximum absolute atomic E-state index is 14.0. The van der Waals surface area contributed by atoms with Gasteiger partial charge in [-0.3, -0.25) is 4.79 Å². The third-order valence-electron chi connectivity index (χ3n) is 4.02. The Morgan fingerprint density at radius 2 is 1.52 bits per heavy atom. The van der Waals surface area contributed by atoms with Crippen molar-refractivity contribution < 1.29 is 40.3 Å². The minimum Gasteiger partial charge on any atom is -0.322 e. The van der Waals surface area contributed by atoms with Crippen LogP contribution < -0.4 is 5.32 Å². The molecule has 1 N–H and O–H groups in total. The van der Waals surface area contributed by atoms with Crippen LogP contribution in [0.2, 0.25) is 0 Å². The van der Waals surface area contributed by atoms with Crippen molar-refractivity contribution in [3.05, 3.63) is 53.1 Å². The first kappa shape index (κ1) is 24.4. The number of benzene rings is 2. The molecule has 0 heterocycles. The minimum atomic E-state index is -6.19. The summed E-state index contributed by atoms with van der Waals surface area (Å²) in [6.45, 7) is 2.67. The predicted molar refractivity (Wildman–Crippen MR) is 99.9 cm³/mol. The smallest absolute Gasteiger partial charge is 0.322 e. The largest absolute Gasteiger partial charge is 0.441 e. The number of halogens is 7. The Kier molecular flexibility index (Phi) is 6.87. The number of nitrogens with zero attached hydrogens (tertiary/aromatic N) is 1. The second kappa shape index (κ2) is 8.72. The zero-order chi connectivity index (χ0) is 23.6. The van der Waals surface area contributed by atoms with Gasteiger partial charge in [0, 0.05) is 16.1 Å². The molecular weight excluding hydrogens is 453 g/mol. The molecule has 0 saturated heterocycles. The second-order valence-electron chi connectivity index (χ2n) is 6.33. The van der Waals surface area contributed by atoms with Crippen molar-refractivity contribution in [3.8, 4) is 0 Å². The highest BCUT2D eigenvalue weighted by molar-refractivity contribution is 8.00. The first-order chi connectivity index (χ1) is 14.2. The minimum absolute atomic E-state index is 0.0886. The number of aryl methyl sites for hydroxylation is 2. The van der Waals surface area contributed by atoms with Gasteiger partial charge in [0.05, 0.1) is 5.69 Å². The van der Waals surface area contributed by atoms with Crippen LogP contribution in [0.4, 0.5) is 42.1 Å². The fourth-order valence-corrected chi connectivity index (χ4v) is 3.60. The van der Waals surface area contributed by atoms with E-state index in [4.69, 9.17) is 0 Å². The van der Waals surface area contributed by atoms with Crippen LogP contribution in [0.3, 0.4) is 0 Å². The van der Waals surface area contributed by atoms with Gasteiger partial charge in [0.1, 0.15) is 0 Å². The Hall–Kier alpha value is -2.85. The van der Waals surface area contributed by atoms with Crippen molar-refractivity contribution >= 4 is 35.1 Å². The number of hydrogen-bond acceptors (Lipinski definition) is 4. The van der Waals surface area contributed by atoms with Gasteiger partial charge < -0.3 is 5.32 Å². The summed E-state index contributed by atoms with van der Waals surface area (Å²) >= 11 is -1.01. The van der Waals surface area contributed by atoms with Crippen LogP contribution in [0, 0.1) is 13.8 Å². The van der Waals surface area contributed by atoms with Crippen LogP contribution in [0.1, 0.15) is 21.5 Å². The quantitative estimate of drug-likeness (QED) is 0.240. The molecule has 0 radical (unpaired) electrons. The van der Waals surface area contributed by atoms with Gasteiger partial charge >= 0.3 is 17.4 Å². The normalized spacial score (nSPS) is 12.3. The van der Waals surface area contributed by atoms with Crippen LogP contribution >= 0.6 is 11.8 Å². The number of rotatable bonds is 5. The van der Waals surface area contributed by atoms with Crippen molar-refractivity contribution in [1.29, 1.82) is 0 Å². The van der Waals surface area contributed by atoms with Crippen LogP contribution in [0.5, 0.6) is 0 Å². The predicted octanol–water partition coefficient (Wildman–Crippen LogP) is 6.41. The third kappa shape index (κ3) is 5.26. The number of hydrogen-bond donors (Lipinski definition) is 1. The van der Waals surface area contributed by atoms with E-state index in [1.807, 2.05) is 0 Å². The molecule has 31 heavy (non-hydrogen) atoms. The van der Waals surface area contributed by atoms with Gasteiger partial charge in [-0.1, -0.05) is 17.8 Å². The molecule has 0 unspecified atom stereocenters. The van der Waals surface area contributed by atoms with Gasteiger partial charge in [0.2, 0.25) is 6.08 Å². The number of carbonyl (C=O) groups excluding carboxylic acids is 2. The summed E-state index contributed by atoms with van der Waals surface area (Å²) in [5.41, 5.74) is 0.600. The Bertz CT molecular complexity index is 1010. The van der Waals surface area contributed by atoms with E-state index >= 15 is 0 Å². The van der Waals surface area contributed by atoms with Crippen LogP contribution in [0.15, 0.2) is 46.3 Å². The first-order valence-corrected chi connectivity index (χ1v) is 9.13. The second-order valence-corrected chi connectivity index (χ2v) is 7.57. The number of thioether (sulfide) groups is 1. The molecule has 0 bridgehead atoms. The summed E-state index contributed by atoms with van der Waals surface area (Å²) in [4.78, 5) is 25.5. The molecule has 0 fully saturated rings. The lowest BCUT2D eigenvalue weighted by Gasteiger charge is -2.29. The summed E-state index contributed by atoms with van der Waals surface area (Å²) in [6.07, 6.45) is -11.1. The highest BCUT2D eigenvalue weighted by Gasteiger charge is 2.73. The van der Waals surface area contributed by atoms with Gasteiger partial charge in [0.15, 0.2) is 0 Å². The zero-order valence-electron chi connectivity index (χ0n) is 15.8. The van der Waals surface area contributed by atoms with E-state index in [0.717, 1.165) is 12.1 Å². The zero-order valence-corrected chi connectivity index (χ0v) is 16.6. The Morgan fingerprint density at radius 1 is 0.968 bits per heavy atom. The molecule has 12 heteroatoms. The average Bonchev–Trinajstić information content (AvgIpc) is 2.63. The molecule has 1 amide bonds. The lowest BCUT2D eigenvalue weighted by Crippen LogP contribution is -2.50. The number of nitrogens with one attached hydrogen (secondary N) is 1. The van der Waals surface area contributed by atoms with Gasteiger partial charge in [-0.05, 0) is 55.3 Å². The lowest BCUT2D eigenvalue weighted by molar-refractivity contribution is -0.302. The van der Waals surface area contributed by atoms with Crippen LogP contribution in [0.25, 0.3) is 0 Å². The summed E-state index contributed by atoms with van der Waals surface area (Å²) in [6, 6.07) is 7.38. The fraction of sp³-hybridized carbons (Fsp3) is 0.263. The first-order valence-electron chi connectivity index (χ1n) is 8.31. The van der Waals surface area contributed by atoms with E-state index in [2.05, 4.69) is 10.3 Å². The lowest BCUT2D eigenvalue weighted by atomic mass is 10.1. The number of anilines is 1. The van der Waals surface area contributed by atoms with Crippen LogP contribution in [-0.2, 0) is 4.79 Å². The number of isocyanates is 1. The summed E-state index contributed by atoms with van der Waals surface area (Å²) < 4.78 is 90.8. The highest BCUT2D eigenvalue weighted by atomic mass is 32.2. The van der Waals surface area contributed by atoms with Gasteiger partial charge in [0.25, 0.3) is 5.91 Å². The van der Waals surface area contributed by atoms with Gasteiger partial charge in [-0.2, -0.15) is 31.3 Å². The Labute approximate surface area is 175 Å². The number of aliphatic imine (C=N–C) groups is 1. The molecular formula is C19H13F7N2O2S. The fourth-order valence-electron chi connectivity index (χ4n) is 2.57. The molecule has 0 aliphatic carbocycles. The summed E-state index contributed by atoms with van der Waals surface area (Å²) in [5.74, 6) is -0.667. The summed E-state index contributed by atoms with van der Waals surface area (Å²) in [5, 5.41) is -3.01. The molecule has 2 aromatic rings. The van der Waals surface area contributed by atoms with E-state index in [-0.39, 0.29) is 28.1 Å². The van der Waals surface area contributed by atoms with Crippen molar-refractivity contribution in [2.24, 2.45) is 4.99 Å². The van der Waals surface area contributed by atoms with E-state index < -0.39 is 39.9 Å². The van der Waals surface area contributed by atoms with Gasteiger partial charge in [-0.15, -0.1) is 0 Å². The van der Waals surface area contributed by atoms with Crippen molar-refractivity contribution in [2.45, 2.75) is 36.1 Å². The topological polar surface area (TPSA) is 58.5 Å². The molecule has 0 spiro atoms. The van der Waals surface area contributed by atoms with E-state index in [9.17, 15) is 40.3 Å². The maximum Gasteiger partial charge on any atom is 0.441 e. The molecule has 0 saturated carbocycles. The molecule has 0 aromatic heterocycles. The van der Waals surface area contributed by atoms with Crippen molar-refractivity contribution in [3.63, 3.8) is 0 Å². The average molecular weight is 466 g/mol. The molecule has 0 aliphatic rings. The molecule has 166 valence electrons. The van der Waals surface area contributed by atoms with E-state index in [0.29, 0.717) is 0 Å². The molecule has 2 rings (SSSR count). The number of alkyl halides is 7. The summed E-state index contributed by atoms with van der Waals surface area (Å²) in [7, 11) is 0. The maximum atomic E-state index is 14.0. The SMILES string of the molecule is Cc1cc(SC(F)(C(F)(F)F)C(F)(F)F)cc(C)c1NC(=O)c1cccc(N=C=O)c1. The van der Waals surface area contributed by atoms with Gasteiger partial charge in [-0.25, -0.2) is 9.18 Å². The van der Waals surface area contributed by atoms with Crippen molar-refractivity contribution in [2.75, 3.05) is 5.32 Å². The molecule has 0 atom stereocenters. The van der Waals surface area contributed by atoms with E-state index in [1.165, 1.54) is 44.2 Å².